The summed E-state index contributed by atoms with van der Waals surface area (Å²) < 4.78 is 13.5. The lowest BCUT2D eigenvalue weighted by atomic mass is 10.1. The Morgan fingerprint density at radius 1 is 1.47 bits per heavy atom. The van der Waals surface area contributed by atoms with Crippen LogP contribution in [0.25, 0.3) is 0 Å². The summed E-state index contributed by atoms with van der Waals surface area (Å²) in [6, 6.07) is 7.02. The number of anilines is 2. The molecule has 0 aliphatic heterocycles. The smallest absolute Gasteiger partial charge is 0.143 e. The Morgan fingerprint density at radius 2 is 2.26 bits per heavy atom. The first kappa shape index (κ1) is 14.2. The standard InChI is InChI=1S/C14H16ClFN2S/c1-2-4-12(14-5-3-6-19-14)18-13-8-10(16)9(15)7-11(13)17/h3,5-8,12,18H,2,4,17H2,1H3. The zero-order chi connectivity index (χ0) is 13.8. The molecule has 0 aliphatic carbocycles. The Morgan fingerprint density at radius 3 is 2.89 bits per heavy atom. The summed E-state index contributed by atoms with van der Waals surface area (Å²) >= 11 is 7.38. The van der Waals surface area contributed by atoms with Crippen molar-refractivity contribution in [2.45, 2.75) is 25.8 Å². The Bertz CT molecular complexity index is 543. The van der Waals surface area contributed by atoms with Crippen LogP contribution in [0.15, 0.2) is 29.6 Å². The minimum Gasteiger partial charge on any atom is -0.397 e. The van der Waals surface area contributed by atoms with Gasteiger partial charge in [0.05, 0.1) is 22.4 Å². The molecule has 0 saturated heterocycles. The normalized spacial score (nSPS) is 12.4. The molecule has 0 spiro atoms. The number of halogens is 2. The molecule has 2 rings (SSSR count). The number of nitrogens with one attached hydrogen (secondary N) is 1. The van der Waals surface area contributed by atoms with E-state index in [2.05, 4.69) is 18.3 Å². The van der Waals surface area contributed by atoms with Crippen molar-refractivity contribution in [2.24, 2.45) is 0 Å². The number of rotatable bonds is 5. The number of nitrogen functional groups attached to an aromatic ring is 1. The second-order valence-corrected chi connectivity index (χ2v) is 5.74. The van der Waals surface area contributed by atoms with Crippen molar-refractivity contribution in [1.82, 2.24) is 0 Å². The molecule has 1 aromatic carbocycles. The molecule has 0 aliphatic rings. The van der Waals surface area contributed by atoms with Gasteiger partial charge in [-0.25, -0.2) is 4.39 Å². The van der Waals surface area contributed by atoms with E-state index in [0.29, 0.717) is 11.4 Å². The molecular weight excluding hydrogens is 283 g/mol. The number of hydrogen-bond donors (Lipinski definition) is 2. The van der Waals surface area contributed by atoms with Crippen molar-refractivity contribution in [3.05, 3.63) is 45.4 Å². The summed E-state index contributed by atoms with van der Waals surface area (Å²) in [6.45, 7) is 2.12. The fourth-order valence-electron chi connectivity index (χ4n) is 1.94. The van der Waals surface area contributed by atoms with Crippen molar-refractivity contribution in [2.75, 3.05) is 11.1 Å². The Labute approximate surface area is 121 Å². The fourth-order valence-corrected chi connectivity index (χ4v) is 2.92. The second kappa shape index (κ2) is 6.26. The van der Waals surface area contributed by atoms with Crippen molar-refractivity contribution in [3.8, 4) is 0 Å². The van der Waals surface area contributed by atoms with E-state index in [0.717, 1.165) is 12.8 Å². The molecule has 3 N–H and O–H groups in total. The zero-order valence-electron chi connectivity index (χ0n) is 10.6. The summed E-state index contributed by atoms with van der Waals surface area (Å²) in [5, 5.41) is 5.39. The zero-order valence-corrected chi connectivity index (χ0v) is 12.2. The van der Waals surface area contributed by atoms with Crippen LogP contribution in [0.1, 0.15) is 30.7 Å². The third-order valence-corrected chi connectivity index (χ3v) is 4.16. The van der Waals surface area contributed by atoms with Crippen LogP contribution in [0.4, 0.5) is 15.8 Å². The van der Waals surface area contributed by atoms with Gasteiger partial charge in [-0.3, -0.25) is 0 Å². The molecule has 5 heteroatoms. The number of thiophene rings is 1. The quantitative estimate of drug-likeness (QED) is 0.756. The van der Waals surface area contributed by atoms with E-state index in [1.54, 1.807) is 11.3 Å². The predicted octanol–water partition coefficient (Wildman–Crippen LogP) is 5.08. The molecule has 1 heterocycles. The molecule has 2 aromatic rings. The summed E-state index contributed by atoms with van der Waals surface area (Å²) in [6.07, 6.45) is 2.00. The van der Waals surface area contributed by atoms with E-state index < -0.39 is 5.82 Å². The third kappa shape index (κ3) is 3.39. The van der Waals surface area contributed by atoms with Crippen LogP contribution >= 0.6 is 22.9 Å². The number of hydrogen-bond acceptors (Lipinski definition) is 3. The van der Waals surface area contributed by atoms with E-state index in [1.807, 2.05) is 11.4 Å². The minimum absolute atomic E-state index is 0.0474. The van der Waals surface area contributed by atoms with Gasteiger partial charge < -0.3 is 11.1 Å². The number of nitrogens with two attached hydrogens (primary N) is 1. The highest BCUT2D eigenvalue weighted by Crippen LogP contribution is 2.32. The van der Waals surface area contributed by atoms with Gasteiger partial charge in [0.1, 0.15) is 5.82 Å². The van der Waals surface area contributed by atoms with Gasteiger partial charge in [-0.2, -0.15) is 0 Å². The van der Waals surface area contributed by atoms with Gasteiger partial charge in [-0.15, -0.1) is 11.3 Å². The van der Waals surface area contributed by atoms with Gasteiger partial charge in [0.2, 0.25) is 0 Å². The summed E-state index contributed by atoms with van der Waals surface area (Å²) in [4.78, 5) is 1.22. The molecular formula is C14H16ClFN2S. The van der Waals surface area contributed by atoms with Crippen LogP contribution in [0.2, 0.25) is 5.02 Å². The maximum atomic E-state index is 13.5. The van der Waals surface area contributed by atoms with Crippen molar-refractivity contribution in [3.63, 3.8) is 0 Å². The van der Waals surface area contributed by atoms with Crippen LogP contribution in [-0.2, 0) is 0 Å². The van der Waals surface area contributed by atoms with E-state index in [4.69, 9.17) is 17.3 Å². The van der Waals surface area contributed by atoms with Crippen molar-refractivity contribution >= 4 is 34.3 Å². The molecule has 102 valence electrons. The summed E-state index contributed by atoms with van der Waals surface area (Å²) in [5.74, 6) is -0.459. The fraction of sp³-hybridized carbons (Fsp3) is 0.286. The minimum atomic E-state index is -0.459. The third-order valence-electron chi connectivity index (χ3n) is 2.89. The van der Waals surface area contributed by atoms with Gasteiger partial charge in [-0.05, 0) is 23.9 Å². The highest BCUT2D eigenvalue weighted by molar-refractivity contribution is 7.10. The van der Waals surface area contributed by atoms with Crippen LogP contribution in [0, 0.1) is 5.82 Å². The second-order valence-electron chi connectivity index (χ2n) is 4.35. The van der Waals surface area contributed by atoms with Crippen LogP contribution in [0.5, 0.6) is 0 Å². The van der Waals surface area contributed by atoms with Gasteiger partial charge in [0, 0.05) is 10.9 Å². The average molecular weight is 299 g/mol. The van der Waals surface area contributed by atoms with Gasteiger partial charge in [0.15, 0.2) is 0 Å². The maximum absolute atomic E-state index is 13.5. The monoisotopic (exact) mass is 298 g/mol. The molecule has 0 bridgehead atoms. The lowest BCUT2D eigenvalue weighted by molar-refractivity contribution is 0.627. The molecule has 1 atom stereocenters. The topological polar surface area (TPSA) is 38.0 Å². The SMILES string of the molecule is CCCC(Nc1cc(F)c(Cl)cc1N)c1cccs1. The Balaban J connectivity index is 2.24. The van der Waals surface area contributed by atoms with E-state index in [1.165, 1.54) is 17.0 Å². The van der Waals surface area contributed by atoms with Crippen LogP contribution in [0.3, 0.4) is 0 Å². The van der Waals surface area contributed by atoms with Crippen molar-refractivity contribution in [1.29, 1.82) is 0 Å². The Kier molecular flexibility index (Phi) is 4.66. The first-order chi connectivity index (χ1) is 9.11. The van der Waals surface area contributed by atoms with Crippen LogP contribution < -0.4 is 11.1 Å². The lowest BCUT2D eigenvalue weighted by Crippen LogP contribution is -2.11. The molecule has 19 heavy (non-hydrogen) atoms. The summed E-state index contributed by atoms with van der Waals surface area (Å²) in [5.41, 5.74) is 6.93. The average Bonchev–Trinajstić information content (AvgIpc) is 2.89. The molecule has 1 unspecified atom stereocenters. The molecule has 0 amide bonds. The van der Waals surface area contributed by atoms with E-state index >= 15 is 0 Å². The van der Waals surface area contributed by atoms with Crippen LogP contribution in [-0.4, -0.2) is 0 Å². The highest BCUT2D eigenvalue weighted by atomic mass is 35.5. The highest BCUT2D eigenvalue weighted by Gasteiger charge is 2.14. The largest absolute Gasteiger partial charge is 0.397 e. The molecule has 2 nitrogen and oxygen atoms in total. The first-order valence-electron chi connectivity index (χ1n) is 6.16. The molecule has 0 radical (unpaired) electrons. The van der Waals surface area contributed by atoms with Gasteiger partial charge in [0.25, 0.3) is 0 Å². The molecule has 1 aromatic heterocycles. The van der Waals surface area contributed by atoms with Crippen molar-refractivity contribution < 1.29 is 4.39 Å². The van der Waals surface area contributed by atoms with Gasteiger partial charge in [-0.1, -0.05) is 31.0 Å². The van der Waals surface area contributed by atoms with E-state index in [-0.39, 0.29) is 11.1 Å². The maximum Gasteiger partial charge on any atom is 0.143 e. The summed E-state index contributed by atoms with van der Waals surface area (Å²) in [7, 11) is 0. The van der Waals surface area contributed by atoms with E-state index in [9.17, 15) is 4.39 Å². The predicted molar refractivity (Wildman–Crippen MR) is 81.4 cm³/mol. The molecule has 0 fully saturated rings. The molecule has 0 saturated carbocycles. The first-order valence-corrected chi connectivity index (χ1v) is 7.42. The Hall–Kier alpha value is -1.26. The van der Waals surface area contributed by atoms with Gasteiger partial charge >= 0.3 is 0 Å². The lowest BCUT2D eigenvalue weighted by Gasteiger charge is -2.19. The number of benzene rings is 1.